The Balaban J connectivity index is 1.68. The highest BCUT2D eigenvalue weighted by molar-refractivity contribution is 5.93. The molecule has 1 aliphatic heterocycles. The minimum Gasteiger partial charge on any atom is -0.465 e. The van der Waals surface area contributed by atoms with Crippen molar-refractivity contribution in [3.8, 4) is 0 Å². The average molecular weight is 578 g/mol. The molecule has 0 bridgehead atoms. The Morgan fingerprint density at radius 2 is 1.67 bits per heavy atom. The Morgan fingerprint density at radius 3 is 2.33 bits per heavy atom. The predicted octanol–water partition coefficient (Wildman–Crippen LogP) is 4.86. The molecule has 3 unspecified atom stereocenters. The number of methoxy groups -OCH3 is 1. The van der Waals surface area contributed by atoms with Crippen LogP contribution in [0.2, 0.25) is 0 Å². The molecule has 2 aromatic rings. The quantitative estimate of drug-likeness (QED) is 0.491. The number of rotatable bonds is 5. The molecular weight excluding hydrogens is 534 g/mol. The van der Waals surface area contributed by atoms with E-state index in [1.807, 2.05) is 45.0 Å². The van der Waals surface area contributed by atoms with Crippen molar-refractivity contribution in [3.05, 3.63) is 70.3 Å². The molecule has 0 saturated heterocycles. The summed E-state index contributed by atoms with van der Waals surface area (Å²) < 4.78 is 10.4. The van der Waals surface area contributed by atoms with Crippen LogP contribution in [0.25, 0.3) is 0 Å². The first-order valence-corrected chi connectivity index (χ1v) is 14.6. The van der Waals surface area contributed by atoms with E-state index in [4.69, 9.17) is 9.47 Å². The lowest BCUT2D eigenvalue weighted by atomic mass is 9.84. The molecule has 9 nitrogen and oxygen atoms in total. The van der Waals surface area contributed by atoms with Gasteiger partial charge in [-0.1, -0.05) is 51.1 Å². The van der Waals surface area contributed by atoms with Crippen molar-refractivity contribution in [2.45, 2.75) is 97.5 Å². The highest BCUT2D eigenvalue weighted by Crippen LogP contribution is 2.32. The van der Waals surface area contributed by atoms with Crippen LogP contribution in [-0.4, -0.2) is 53.6 Å². The van der Waals surface area contributed by atoms with Gasteiger partial charge in [-0.05, 0) is 79.8 Å². The molecule has 226 valence electrons. The van der Waals surface area contributed by atoms with E-state index in [-0.39, 0.29) is 24.9 Å². The van der Waals surface area contributed by atoms with Gasteiger partial charge in [0, 0.05) is 13.0 Å². The third kappa shape index (κ3) is 7.12. The number of hydrogen-bond donors (Lipinski definition) is 2. The Kier molecular flexibility index (Phi) is 8.99. The van der Waals surface area contributed by atoms with Crippen LogP contribution in [0.3, 0.4) is 0 Å². The number of nitrogens with one attached hydrogen (secondary N) is 2. The number of aryl methyl sites for hydroxylation is 1. The number of carbonyl (C=O) groups is 4. The van der Waals surface area contributed by atoms with E-state index in [0.29, 0.717) is 5.56 Å². The number of nitrogens with zero attached hydrogens (tertiary/aromatic N) is 1. The zero-order chi connectivity index (χ0) is 30.8. The summed E-state index contributed by atoms with van der Waals surface area (Å²) >= 11 is 0. The van der Waals surface area contributed by atoms with E-state index in [1.54, 1.807) is 32.9 Å². The van der Waals surface area contributed by atoms with E-state index in [2.05, 4.69) is 16.7 Å². The number of hydrogen-bond acceptors (Lipinski definition) is 6. The van der Waals surface area contributed by atoms with Gasteiger partial charge in [0.05, 0.1) is 18.7 Å². The molecule has 2 aromatic carbocycles. The summed E-state index contributed by atoms with van der Waals surface area (Å²) in [5, 5.41) is 6.00. The van der Waals surface area contributed by atoms with Gasteiger partial charge in [-0.15, -0.1) is 0 Å². The van der Waals surface area contributed by atoms with E-state index in [1.165, 1.54) is 17.6 Å². The predicted molar refractivity (Wildman–Crippen MR) is 159 cm³/mol. The van der Waals surface area contributed by atoms with Gasteiger partial charge < -0.3 is 25.0 Å². The lowest BCUT2D eigenvalue weighted by Crippen LogP contribution is -2.61. The molecule has 2 N–H and O–H groups in total. The van der Waals surface area contributed by atoms with Gasteiger partial charge >= 0.3 is 12.1 Å². The van der Waals surface area contributed by atoms with Crippen molar-refractivity contribution in [3.63, 3.8) is 0 Å². The molecule has 1 aliphatic carbocycles. The van der Waals surface area contributed by atoms with E-state index >= 15 is 0 Å². The number of esters is 1. The first kappa shape index (κ1) is 31.1. The third-order valence-electron chi connectivity index (χ3n) is 7.80. The average Bonchev–Trinajstić information content (AvgIpc) is 2.92. The van der Waals surface area contributed by atoms with Gasteiger partial charge in [-0.3, -0.25) is 9.59 Å². The Labute approximate surface area is 248 Å². The lowest BCUT2D eigenvalue weighted by molar-refractivity contribution is -0.145. The van der Waals surface area contributed by atoms with Crippen LogP contribution in [-0.2, 0) is 38.4 Å². The lowest BCUT2D eigenvalue weighted by Gasteiger charge is -2.41. The maximum absolute atomic E-state index is 14.3. The molecule has 9 heteroatoms. The molecule has 3 amide bonds. The number of amides is 3. The Bertz CT molecular complexity index is 1360. The van der Waals surface area contributed by atoms with E-state index < -0.39 is 41.1 Å². The van der Waals surface area contributed by atoms with E-state index in [0.717, 1.165) is 36.0 Å². The standard InChI is InChI=1S/C33H43N3O6/c1-32(2,3)27(35-31(40)42-33(4,5)6)29(38)36-19-23-17-22(30(39)41-7)16-15-21(23)18-26(36)28(37)34-25-14-10-12-20-11-8-9-13-24(20)25/h8-9,11,13,15-17,25-27H,10,12,14,18-19H2,1-7H3,(H,34,37)(H,35,40). The smallest absolute Gasteiger partial charge is 0.408 e. The molecule has 0 aromatic heterocycles. The molecule has 0 spiro atoms. The summed E-state index contributed by atoms with van der Waals surface area (Å²) in [5.74, 6) is -1.13. The van der Waals surface area contributed by atoms with Crippen LogP contribution in [0.4, 0.5) is 4.79 Å². The van der Waals surface area contributed by atoms with E-state index in [9.17, 15) is 19.2 Å². The molecule has 4 rings (SSSR count). The number of benzene rings is 2. The molecular formula is C33H43N3O6. The van der Waals surface area contributed by atoms with Crippen LogP contribution in [0.1, 0.15) is 93.0 Å². The molecule has 0 fully saturated rings. The SMILES string of the molecule is COC(=O)c1ccc2c(c1)CN(C(=O)C(NC(=O)OC(C)(C)C)C(C)(C)C)C(C(=O)NC1CCCc3ccccc31)C2. The largest absolute Gasteiger partial charge is 0.465 e. The monoisotopic (exact) mass is 577 g/mol. The van der Waals surface area contributed by atoms with Gasteiger partial charge in [0.25, 0.3) is 0 Å². The summed E-state index contributed by atoms with van der Waals surface area (Å²) in [6, 6.07) is 11.4. The molecule has 42 heavy (non-hydrogen) atoms. The fourth-order valence-electron chi connectivity index (χ4n) is 5.71. The third-order valence-corrected chi connectivity index (χ3v) is 7.80. The molecule has 0 saturated carbocycles. The number of alkyl carbamates (subject to hydrolysis) is 1. The minimum absolute atomic E-state index is 0.0981. The zero-order valence-electron chi connectivity index (χ0n) is 25.7. The van der Waals surface area contributed by atoms with Crippen LogP contribution >= 0.6 is 0 Å². The summed E-state index contributed by atoms with van der Waals surface area (Å²) in [6.45, 7) is 10.9. The second-order valence-electron chi connectivity index (χ2n) is 13.3. The zero-order valence-corrected chi connectivity index (χ0v) is 25.7. The second-order valence-corrected chi connectivity index (χ2v) is 13.3. The first-order valence-electron chi connectivity index (χ1n) is 14.6. The fraction of sp³-hybridized carbons (Fsp3) is 0.515. The summed E-state index contributed by atoms with van der Waals surface area (Å²) in [4.78, 5) is 54.9. The van der Waals surface area contributed by atoms with Gasteiger partial charge in [0.2, 0.25) is 11.8 Å². The normalized spacial score (nSPS) is 19.1. The van der Waals surface area contributed by atoms with Crippen molar-refractivity contribution in [1.82, 2.24) is 15.5 Å². The van der Waals surface area contributed by atoms with Crippen LogP contribution in [0.15, 0.2) is 42.5 Å². The van der Waals surface area contributed by atoms with Crippen molar-refractivity contribution in [2.75, 3.05) is 7.11 Å². The van der Waals surface area contributed by atoms with Gasteiger partial charge in [0.1, 0.15) is 17.7 Å². The van der Waals surface area contributed by atoms with Gasteiger partial charge in [-0.2, -0.15) is 0 Å². The number of fused-ring (bicyclic) bond motifs is 2. The van der Waals surface area contributed by atoms with Crippen molar-refractivity contribution < 1.29 is 28.7 Å². The maximum atomic E-state index is 14.3. The molecule has 3 atom stereocenters. The van der Waals surface area contributed by atoms with Crippen LogP contribution in [0, 0.1) is 5.41 Å². The molecule has 2 aliphatic rings. The summed E-state index contributed by atoms with van der Waals surface area (Å²) in [7, 11) is 1.32. The van der Waals surface area contributed by atoms with Crippen molar-refractivity contribution in [2.24, 2.45) is 5.41 Å². The summed E-state index contributed by atoms with van der Waals surface area (Å²) in [6.07, 6.45) is 2.30. The Morgan fingerprint density at radius 1 is 0.952 bits per heavy atom. The molecule has 0 radical (unpaired) electrons. The maximum Gasteiger partial charge on any atom is 0.408 e. The number of ether oxygens (including phenoxy) is 2. The fourth-order valence-corrected chi connectivity index (χ4v) is 5.71. The van der Waals surface area contributed by atoms with Crippen LogP contribution in [0.5, 0.6) is 0 Å². The number of carbonyl (C=O) groups excluding carboxylic acids is 4. The second kappa shape index (κ2) is 12.2. The van der Waals surface area contributed by atoms with Gasteiger partial charge in [-0.25, -0.2) is 9.59 Å². The minimum atomic E-state index is -0.969. The van der Waals surface area contributed by atoms with Crippen molar-refractivity contribution in [1.29, 1.82) is 0 Å². The topological polar surface area (TPSA) is 114 Å². The Hall–Kier alpha value is -3.88. The highest BCUT2D eigenvalue weighted by atomic mass is 16.6. The van der Waals surface area contributed by atoms with Crippen LogP contribution < -0.4 is 10.6 Å². The molecule has 1 heterocycles. The first-order chi connectivity index (χ1) is 19.7. The highest BCUT2D eigenvalue weighted by Gasteiger charge is 2.43. The van der Waals surface area contributed by atoms with Gasteiger partial charge in [0.15, 0.2) is 0 Å². The summed E-state index contributed by atoms with van der Waals surface area (Å²) in [5.41, 5.74) is 2.89. The van der Waals surface area contributed by atoms with Crippen molar-refractivity contribution >= 4 is 23.9 Å².